The molecule has 1 N–H and O–H groups in total. The molecule has 2 aromatic rings. The molecule has 0 saturated carbocycles. The molecule has 1 saturated heterocycles. The van der Waals surface area contributed by atoms with Crippen LogP contribution in [0.3, 0.4) is 0 Å². The van der Waals surface area contributed by atoms with E-state index in [4.69, 9.17) is 4.74 Å². The molecule has 2 aliphatic heterocycles. The third-order valence-corrected chi connectivity index (χ3v) is 5.36. The Morgan fingerprint density at radius 3 is 2.59 bits per heavy atom. The number of rotatable bonds is 6. The van der Waals surface area contributed by atoms with Gasteiger partial charge in [-0.25, -0.2) is 0 Å². The van der Waals surface area contributed by atoms with E-state index in [-0.39, 0.29) is 5.91 Å². The number of fused-ring (bicyclic) bond motifs is 1. The van der Waals surface area contributed by atoms with Crippen LogP contribution in [-0.2, 0) is 11.2 Å². The quantitative estimate of drug-likeness (QED) is 0.799. The van der Waals surface area contributed by atoms with Gasteiger partial charge in [0.25, 0.3) is 0 Å². The van der Waals surface area contributed by atoms with Gasteiger partial charge in [-0.3, -0.25) is 9.69 Å². The van der Waals surface area contributed by atoms with E-state index in [0.29, 0.717) is 13.0 Å². The number of carbonyl (C=O) groups is 1. The van der Waals surface area contributed by atoms with Crippen molar-refractivity contribution in [2.45, 2.75) is 19.8 Å². The van der Waals surface area contributed by atoms with Crippen LogP contribution in [0.25, 0.3) is 0 Å². The first kappa shape index (κ1) is 17.9. The molecule has 0 radical (unpaired) electrons. The van der Waals surface area contributed by atoms with Crippen molar-refractivity contribution in [2.24, 2.45) is 0 Å². The van der Waals surface area contributed by atoms with Crippen LogP contribution in [0.5, 0.6) is 5.75 Å². The normalized spacial score (nSPS) is 16.9. The lowest BCUT2D eigenvalue weighted by molar-refractivity contribution is -0.115. The third kappa shape index (κ3) is 4.42. The summed E-state index contributed by atoms with van der Waals surface area (Å²) in [5.74, 6) is 0.918. The maximum absolute atomic E-state index is 11.4. The number of amides is 1. The molecule has 27 heavy (non-hydrogen) atoms. The number of hydrogen-bond acceptors (Lipinski definition) is 4. The summed E-state index contributed by atoms with van der Waals surface area (Å²) in [5.41, 5.74) is 4.58. The second-order valence-electron chi connectivity index (χ2n) is 7.41. The molecule has 2 heterocycles. The minimum Gasteiger partial charge on any atom is -0.494 e. The molecule has 5 nitrogen and oxygen atoms in total. The first-order valence-corrected chi connectivity index (χ1v) is 9.77. The second-order valence-corrected chi connectivity index (χ2v) is 7.41. The molecule has 0 unspecified atom stereocenters. The van der Waals surface area contributed by atoms with Crippen molar-refractivity contribution in [3.63, 3.8) is 0 Å². The number of carbonyl (C=O) groups excluding carboxylic acids is 1. The van der Waals surface area contributed by atoms with Gasteiger partial charge < -0.3 is 15.0 Å². The molecule has 0 bridgehead atoms. The Balaban J connectivity index is 1.17. The summed E-state index contributed by atoms with van der Waals surface area (Å²) < 4.78 is 5.88. The van der Waals surface area contributed by atoms with Gasteiger partial charge in [0.05, 0.1) is 13.0 Å². The maximum atomic E-state index is 11.4. The maximum Gasteiger partial charge on any atom is 0.228 e. The van der Waals surface area contributed by atoms with Crippen molar-refractivity contribution >= 4 is 17.3 Å². The highest BCUT2D eigenvalue weighted by atomic mass is 16.5. The van der Waals surface area contributed by atoms with Gasteiger partial charge in [0.1, 0.15) is 5.75 Å². The molecule has 0 atom stereocenters. The molecular formula is C22H27N3O2. The number of hydrogen-bond donors (Lipinski definition) is 1. The van der Waals surface area contributed by atoms with Crippen LogP contribution in [0.1, 0.15) is 17.5 Å². The zero-order chi connectivity index (χ0) is 18.6. The Hall–Kier alpha value is -2.53. The van der Waals surface area contributed by atoms with Crippen molar-refractivity contribution in [3.8, 4) is 5.75 Å². The van der Waals surface area contributed by atoms with Gasteiger partial charge in [-0.2, -0.15) is 0 Å². The molecular weight excluding hydrogens is 338 g/mol. The van der Waals surface area contributed by atoms with Gasteiger partial charge in [-0.1, -0.05) is 17.7 Å². The van der Waals surface area contributed by atoms with Gasteiger partial charge in [-0.15, -0.1) is 0 Å². The summed E-state index contributed by atoms with van der Waals surface area (Å²) in [6.07, 6.45) is 1.47. The van der Waals surface area contributed by atoms with Crippen molar-refractivity contribution in [2.75, 3.05) is 49.5 Å². The zero-order valence-electron chi connectivity index (χ0n) is 15.9. The highest BCUT2D eigenvalue weighted by Gasteiger charge is 2.18. The molecule has 0 aliphatic carbocycles. The number of piperazine rings is 1. The SMILES string of the molecule is Cc1ccc(N2CCN(CCCOc3ccc4c(c3)CC(=O)N4)CC2)cc1. The smallest absolute Gasteiger partial charge is 0.228 e. The van der Waals surface area contributed by atoms with E-state index in [0.717, 1.165) is 56.1 Å². The number of ether oxygens (including phenoxy) is 1. The molecule has 1 amide bonds. The van der Waals surface area contributed by atoms with E-state index in [1.54, 1.807) is 0 Å². The first-order valence-electron chi connectivity index (χ1n) is 9.77. The van der Waals surface area contributed by atoms with E-state index >= 15 is 0 Å². The van der Waals surface area contributed by atoms with E-state index < -0.39 is 0 Å². The van der Waals surface area contributed by atoms with Crippen molar-refractivity contribution in [1.82, 2.24) is 4.90 Å². The molecule has 2 aromatic carbocycles. The second kappa shape index (κ2) is 8.01. The van der Waals surface area contributed by atoms with Crippen LogP contribution in [0.15, 0.2) is 42.5 Å². The van der Waals surface area contributed by atoms with E-state index in [2.05, 4.69) is 46.3 Å². The lowest BCUT2D eigenvalue weighted by Crippen LogP contribution is -2.46. The highest BCUT2D eigenvalue weighted by molar-refractivity contribution is 5.99. The largest absolute Gasteiger partial charge is 0.494 e. The summed E-state index contributed by atoms with van der Waals surface area (Å²) in [6, 6.07) is 14.7. The summed E-state index contributed by atoms with van der Waals surface area (Å²) in [7, 11) is 0. The van der Waals surface area contributed by atoms with Gasteiger partial charge in [-0.05, 0) is 49.2 Å². The van der Waals surface area contributed by atoms with Crippen LogP contribution >= 0.6 is 0 Å². The Morgan fingerprint density at radius 2 is 1.81 bits per heavy atom. The monoisotopic (exact) mass is 365 g/mol. The van der Waals surface area contributed by atoms with Crippen LogP contribution in [0.4, 0.5) is 11.4 Å². The molecule has 142 valence electrons. The molecule has 1 fully saturated rings. The predicted octanol–water partition coefficient (Wildman–Crippen LogP) is 3.08. The fraction of sp³-hybridized carbons (Fsp3) is 0.409. The summed E-state index contributed by atoms with van der Waals surface area (Å²) in [5, 5.41) is 2.85. The standard InChI is InChI=1S/C22H27N3O2/c1-17-3-5-19(6-4-17)25-12-10-24(11-13-25)9-2-14-27-20-7-8-21-18(15-20)16-22(26)23-21/h3-8,15H,2,9-14,16H2,1H3,(H,23,26). The van der Waals surface area contributed by atoms with Gasteiger partial charge in [0.15, 0.2) is 0 Å². The van der Waals surface area contributed by atoms with Crippen LogP contribution in [0.2, 0.25) is 0 Å². The van der Waals surface area contributed by atoms with Crippen molar-refractivity contribution < 1.29 is 9.53 Å². The highest BCUT2D eigenvalue weighted by Crippen LogP contribution is 2.27. The van der Waals surface area contributed by atoms with E-state index in [1.165, 1.54) is 11.3 Å². The number of benzene rings is 2. The fourth-order valence-electron chi connectivity index (χ4n) is 3.76. The lowest BCUT2D eigenvalue weighted by atomic mass is 10.1. The molecule has 4 rings (SSSR count). The summed E-state index contributed by atoms with van der Waals surface area (Å²) >= 11 is 0. The average molecular weight is 365 g/mol. The Bertz CT molecular complexity index is 796. The number of nitrogens with zero attached hydrogens (tertiary/aromatic N) is 2. The fourth-order valence-corrected chi connectivity index (χ4v) is 3.76. The topological polar surface area (TPSA) is 44.8 Å². The summed E-state index contributed by atoms with van der Waals surface area (Å²) in [6.45, 7) is 8.25. The zero-order valence-corrected chi connectivity index (χ0v) is 15.9. The van der Waals surface area contributed by atoms with E-state index in [9.17, 15) is 4.79 Å². The number of anilines is 2. The Labute approximate surface area is 160 Å². The first-order chi connectivity index (χ1) is 13.2. The molecule has 5 heteroatoms. The molecule has 0 spiro atoms. The van der Waals surface area contributed by atoms with Crippen molar-refractivity contribution in [1.29, 1.82) is 0 Å². The van der Waals surface area contributed by atoms with Crippen LogP contribution in [-0.4, -0.2) is 50.1 Å². The van der Waals surface area contributed by atoms with Crippen LogP contribution < -0.4 is 15.0 Å². The molecule has 2 aliphatic rings. The molecule has 0 aromatic heterocycles. The van der Waals surface area contributed by atoms with Crippen LogP contribution in [0, 0.1) is 6.92 Å². The number of aryl methyl sites for hydroxylation is 1. The Morgan fingerprint density at radius 1 is 1.04 bits per heavy atom. The van der Waals surface area contributed by atoms with Gasteiger partial charge in [0, 0.05) is 44.1 Å². The lowest BCUT2D eigenvalue weighted by Gasteiger charge is -2.36. The Kier molecular flexibility index (Phi) is 5.30. The third-order valence-electron chi connectivity index (χ3n) is 5.36. The van der Waals surface area contributed by atoms with Gasteiger partial charge in [0.2, 0.25) is 5.91 Å². The minimum atomic E-state index is 0.0620. The van der Waals surface area contributed by atoms with Gasteiger partial charge >= 0.3 is 0 Å². The number of nitrogens with one attached hydrogen (secondary N) is 1. The minimum absolute atomic E-state index is 0.0620. The predicted molar refractivity (Wildman–Crippen MR) is 109 cm³/mol. The summed E-state index contributed by atoms with van der Waals surface area (Å²) in [4.78, 5) is 16.4. The van der Waals surface area contributed by atoms with E-state index in [1.807, 2.05) is 18.2 Å². The average Bonchev–Trinajstić information content (AvgIpc) is 3.06. The van der Waals surface area contributed by atoms with Crippen molar-refractivity contribution in [3.05, 3.63) is 53.6 Å².